The number of hydrogen-bond donors (Lipinski definition) is 2. The molecule has 0 amide bonds. The first-order valence-electron chi connectivity index (χ1n) is 8.70. The highest BCUT2D eigenvalue weighted by Gasteiger charge is 2.46. The molecule has 1 saturated carbocycles. The number of pyridine rings is 1. The summed E-state index contributed by atoms with van der Waals surface area (Å²) >= 11 is 0. The summed E-state index contributed by atoms with van der Waals surface area (Å²) in [7, 11) is 1.64. The standard InChI is InChI=1S/C19H24N2O3/c1-24-15-3-4-16-13(10-15)9-14(18(23)20-16)11-21-8-7-19(5-2-6-19)17(22)12-21/h3-4,9-10,17,22H,2,5-8,11-12H2,1H3,(H,20,23). The highest BCUT2D eigenvalue weighted by molar-refractivity contribution is 5.80. The number of rotatable bonds is 3. The summed E-state index contributed by atoms with van der Waals surface area (Å²) in [5.74, 6) is 0.779. The van der Waals surface area contributed by atoms with Crippen LogP contribution in [0.25, 0.3) is 10.9 Å². The Morgan fingerprint density at radius 3 is 2.83 bits per heavy atom. The van der Waals surface area contributed by atoms with Crippen molar-refractivity contribution < 1.29 is 9.84 Å². The molecule has 2 aliphatic rings. The summed E-state index contributed by atoms with van der Waals surface area (Å²) in [6.07, 6.45) is 4.31. The summed E-state index contributed by atoms with van der Waals surface area (Å²) in [5, 5.41) is 11.5. The largest absolute Gasteiger partial charge is 0.497 e. The molecule has 2 fully saturated rings. The molecule has 4 rings (SSSR count). The predicted molar refractivity (Wildman–Crippen MR) is 93.3 cm³/mol. The molecular weight excluding hydrogens is 304 g/mol. The number of aromatic amines is 1. The van der Waals surface area contributed by atoms with Crippen LogP contribution in [-0.2, 0) is 6.54 Å². The zero-order valence-electron chi connectivity index (χ0n) is 14.0. The maximum atomic E-state index is 12.4. The molecule has 1 aliphatic carbocycles. The van der Waals surface area contributed by atoms with Gasteiger partial charge in [-0.25, -0.2) is 0 Å². The summed E-state index contributed by atoms with van der Waals surface area (Å²) < 4.78 is 5.26. The van der Waals surface area contributed by atoms with Crippen LogP contribution in [0, 0.1) is 5.41 Å². The minimum Gasteiger partial charge on any atom is -0.497 e. The van der Waals surface area contributed by atoms with Crippen LogP contribution >= 0.6 is 0 Å². The number of H-pyrrole nitrogens is 1. The molecule has 1 atom stereocenters. The number of hydrogen-bond acceptors (Lipinski definition) is 4. The maximum absolute atomic E-state index is 12.4. The van der Waals surface area contributed by atoms with E-state index >= 15 is 0 Å². The Kier molecular flexibility index (Phi) is 3.85. The van der Waals surface area contributed by atoms with Gasteiger partial charge >= 0.3 is 0 Å². The zero-order chi connectivity index (χ0) is 16.7. The van der Waals surface area contributed by atoms with E-state index in [1.54, 1.807) is 7.11 Å². The number of aromatic nitrogens is 1. The summed E-state index contributed by atoms with van der Waals surface area (Å²) in [6, 6.07) is 7.58. The third kappa shape index (κ3) is 2.62. The minimum atomic E-state index is -0.264. The van der Waals surface area contributed by atoms with E-state index in [0.29, 0.717) is 13.1 Å². The molecule has 2 heterocycles. The van der Waals surface area contributed by atoms with Crippen LogP contribution < -0.4 is 10.3 Å². The van der Waals surface area contributed by atoms with Crippen molar-refractivity contribution in [3.63, 3.8) is 0 Å². The Morgan fingerprint density at radius 1 is 1.33 bits per heavy atom. The van der Waals surface area contributed by atoms with Crippen molar-refractivity contribution in [2.24, 2.45) is 5.41 Å². The maximum Gasteiger partial charge on any atom is 0.252 e. The van der Waals surface area contributed by atoms with E-state index in [2.05, 4.69) is 9.88 Å². The Bertz CT molecular complexity index is 810. The molecule has 1 aromatic carbocycles. The lowest BCUT2D eigenvalue weighted by molar-refractivity contribution is -0.0919. The lowest BCUT2D eigenvalue weighted by atomic mass is 9.61. The fraction of sp³-hybridized carbons (Fsp3) is 0.526. The van der Waals surface area contributed by atoms with Crippen LogP contribution in [0.2, 0.25) is 0 Å². The molecule has 2 N–H and O–H groups in total. The number of aliphatic hydroxyl groups excluding tert-OH is 1. The second kappa shape index (κ2) is 5.90. The monoisotopic (exact) mass is 328 g/mol. The number of nitrogens with one attached hydrogen (secondary N) is 1. The zero-order valence-corrected chi connectivity index (χ0v) is 14.0. The molecule has 1 aliphatic heterocycles. The van der Waals surface area contributed by atoms with Crippen molar-refractivity contribution in [1.82, 2.24) is 9.88 Å². The first-order valence-corrected chi connectivity index (χ1v) is 8.70. The molecule has 5 nitrogen and oxygen atoms in total. The van der Waals surface area contributed by atoms with Gasteiger partial charge in [0.15, 0.2) is 0 Å². The number of ether oxygens (including phenoxy) is 1. The first-order chi connectivity index (χ1) is 11.6. The summed E-state index contributed by atoms with van der Waals surface area (Å²) in [6.45, 7) is 2.19. The van der Waals surface area contributed by atoms with E-state index in [9.17, 15) is 9.90 Å². The fourth-order valence-electron chi connectivity index (χ4n) is 4.15. The second-order valence-electron chi connectivity index (χ2n) is 7.29. The van der Waals surface area contributed by atoms with Gasteiger partial charge in [-0.2, -0.15) is 0 Å². The van der Waals surface area contributed by atoms with Gasteiger partial charge in [0.05, 0.1) is 13.2 Å². The minimum absolute atomic E-state index is 0.0499. The van der Waals surface area contributed by atoms with E-state index in [-0.39, 0.29) is 17.1 Å². The van der Waals surface area contributed by atoms with Gasteiger partial charge in [0, 0.05) is 29.6 Å². The van der Waals surface area contributed by atoms with E-state index in [0.717, 1.165) is 48.0 Å². The second-order valence-corrected chi connectivity index (χ2v) is 7.29. The molecule has 1 unspecified atom stereocenters. The topological polar surface area (TPSA) is 65.6 Å². The first kappa shape index (κ1) is 15.7. The van der Waals surface area contributed by atoms with E-state index < -0.39 is 0 Å². The van der Waals surface area contributed by atoms with Crippen molar-refractivity contribution in [2.45, 2.75) is 38.3 Å². The highest BCUT2D eigenvalue weighted by atomic mass is 16.5. The number of benzene rings is 1. The van der Waals surface area contributed by atoms with Crippen molar-refractivity contribution in [2.75, 3.05) is 20.2 Å². The van der Waals surface area contributed by atoms with Crippen LogP contribution in [0.15, 0.2) is 29.1 Å². The van der Waals surface area contributed by atoms with Gasteiger partial charge in [0.2, 0.25) is 0 Å². The Labute approximate surface area is 141 Å². The number of aliphatic hydroxyl groups is 1. The number of fused-ring (bicyclic) bond motifs is 1. The van der Waals surface area contributed by atoms with Crippen LogP contribution in [0.4, 0.5) is 0 Å². The third-order valence-electron chi connectivity index (χ3n) is 5.94. The van der Waals surface area contributed by atoms with Crippen LogP contribution in [0.1, 0.15) is 31.2 Å². The molecule has 128 valence electrons. The third-order valence-corrected chi connectivity index (χ3v) is 5.94. The fourth-order valence-corrected chi connectivity index (χ4v) is 4.15. The molecule has 1 saturated heterocycles. The van der Waals surface area contributed by atoms with Crippen molar-refractivity contribution >= 4 is 10.9 Å². The molecule has 1 spiro atoms. The number of piperidine rings is 1. The van der Waals surface area contributed by atoms with Gasteiger partial charge in [-0.05, 0) is 55.5 Å². The SMILES string of the molecule is COc1ccc2[nH]c(=O)c(CN3CCC4(CCC4)C(O)C3)cc2c1. The normalized spacial score (nSPS) is 23.3. The quantitative estimate of drug-likeness (QED) is 0.907. The number of methoxy groups -OCH3 is 1. The predicted octanol–water partition coefficient (Wildman–Crippen LogP) is 2.27. The van der Waals surface area contributed by atoms with Crippen LogP contribution in [0.5, 0.6) is 5.75 Å². The molecule has 5 heteroatoms. The van der Waals surface area contributed by atoms with Gasteiger partial charge < -0.3 is 14.8 Å². The van der Waals surface area contributed by atoms with Gasteiger partial charge in [-0.3, -0.25) is 9.69 Å². The molecular formula is C19H24N2O3. The van der Waals surface area contributed by atoms with Gasteiger partial charge in [-0.15, -0.1) is 0 Å². The average Bonchev–Trinajstić information content (AvgIpc) is 2.54. The van der Waals surface area contributed by atoms with Crippen molar-refractivity contribution in [1.29, 1.82) is 0 Å². The van der Waals surface area contributed by atoms with Gasteiger partial charge in [0.1, 0.15) is 5.75 Å². The number of β-amino-alcohol motifs (C(OH)–C–C–N with tert-alkyl or cyclic N) is 1. The number of likely N-dealkylation sites (tertiary alicyclic amines) is 1. The molecule has 0 bridgehead atoms. The van der Waals surface area contributed by atoms with Crippen molar-refractivity contribution in [3.8, 4) is 5.75 Å². The van der Waals surface area contributed by atoms with E-state index in [1.165, 1.54) is 6.42 Å². The molecule has 1 aromatic heterocycles. The summed E-state index contributed by atoms with van der Waals surface area (Å²) in [4.78, 5) is 17.5. The van der Waals surface area contributed by atoms with Gasteiger partial charge in [0.25, 0.3) is 5.56 Å². The van der Waals surface area contributed by atoms with Crippen molar-refractivity contribution in [3.05, 3.63) is 40.2 Å². The smallest absolute Gasteiger partial charge is 0.252 e. The lowest BCUT2D eigenvalue weighted by Gasteiger charge is -2.51. The summed E-state index contributed by atoms with van der Waals surface area (Å²) in [5.41, 5.74) is 1.68. The number of nitrogens with zero attached hydrogens (tertiary/aromatic N) is 1. The average molecular weight is 328 g/mol. The Morgan fingerprint density at radius 2 is 2.17 bits per heavy atom. The Hall–Kier alpha value is -1.85. The Balaban J connectivity index is 1.55. The van der Waals surface area contributed by atoms with E-state index in [4.69, 9.17) is 4.74 Å². The molecule has 24 heavy (non-hydrogen) atoms. The molecule has 0 radical (unpaired) electrons. The van der Waals surface area contributed by atoms with Crippen LogP contribution in [0.3, 0.4) is 0 Å². The van der Waals surface area contributed by atoms with Gasteiger partial charge in [-0.1, -0.05) is 6.42 Å². The lowest BCUT2D eigenvalue weighted by Crippen LogP contribution is -2.53. The van der Waals surface area contributed by atoms with E-state index in [1.807, 2.05) is 24.3 Å². The highest BCUT2D eigenvalue weighted by Crippen LogP contribution is 2.49. The molecule has 2 aromatic rings. The van der Waals surface area contributed by atoms with Crippen LogP contribution in [-0.4, -0.2) is 41.3 Å².